The van der Waals surface area contributed by atoms with Gasteiger partial charge in [-0.3, -0.25) is 9.59 Å². The van der Waals surface area contributed by atoms with Crippen molar-refractivity contribution in [3.05, 3.63) is 67.3 Å². The van der Waals surface area contributed by atoms with Gasteiger partial charge in [-0.05, 0) is 36.4 Å². The fourth-order valence-electron chi connectivity index (χ4n) is 2.15. The van der Waals surface area contributed by atoms with Gasteiger partial charge in [0.25, 0.3) is 0 Å². The van der Waals surface area contributed by atoms with Gasteiger partial charge >= 0.3 is 0 Å². The molecule has 2 aromatic rings. The fraction of sp³-hybridized carbons (Fsp3) is 0.158. The Kier molecular flexibility index (Phi) is 6.63. The van der Waals surface area contributed by atoms with Crippen molar-refractivity contribution in [3.63, 3.8) is 0 Å². The van der Waals surface area contributed by atoms with Crippen molar-refractivity contribution in [1.29, 1.82) is 0 Å². The number of carbonyl (C=O) groups is 2. The van der Waals surface area contributed by atoms with Gasteiger partial charge < -0.3 is 10.2 Å². The first-order valence-electron chi connectivity index (χ1n) is 7.57. The molecule has 124 valence electrons. The number of thioether (sulfide) groups is 1. The topological polar surface area (TPSA) is 49.4 Å². The number of carbonyl (C=O) groups excluding carboxylic acids is 2. The Hall–Kier alpha value is -2.53. The average Bonchev–Trinajstić information content (AvgIpc) is 2.59. The number of hydrogen-bond acceptors (Lipinski definition) is 3. The van der Waals surface area contributed by atoms with E-state index < -0.39 is 0 Å². The first-order valence-corrected chi connectivity index (χ1v) is 8.55. The van der Waals surface area contributed by atoms with Crippen LogP contribution in [-0.2, 0) is 9.59 Å². The molecule has 0 radical (unpaired) electrons. The first-order chi connectivity index (χ1) is 11.6. The molecule has 0 bridgehead atoms. The summed E-state index contributed by atoms with van der Waals surface area (Å²) >= 11 is 1.47. The van der Waals surface area contributed by atoms with Crippen molar-refractivity contribution in [2.24, 2.45) is 0 Å². The zero-order valence-corrected chi connectivity index (χ0v) is 14.4. The average molecular weight is 340 g/mol. The molecule has 0 atom stereocenters. The highest BCUT2D eigenvalue weighted by molar-refractivity contribution is 8.00. The molecule has 0 saturated heterocycles. The summed E-state index contributed by atoms with van der Waals surface area (Å²) in [5, 5.41) is 2.72. The van der Waals surface area contributed by atoms with Crippen molar-refractivity contribution in [3.8, 4) is 0 Å². The monoisotopic (exact) mass is 340 g/mol. The van der Waals surface area contributed by atoms with Gasteiger partial charge in [-0.15, -0.1) is 18.3 Å². The molecule has 0 unspecified atom stereocenters. The van der Waals surface area contributed by atoms with Gasteiger partial charge in [0.2, 0.25) is 11.8 Å². The van der Waals surface area contributed by atoms with Crippen LogP contribution >= 0.6 is 11.8 Å². The minimum absolute atomic E-state index is 0.0250. The van der Waals surface area contributed by atoms with E-state index in [4.69, 9.17) is 0 Å². The highest BCUT2D eigenvalue weighted by Crippen LogP contribution is 2.22. The molecule has 0 aliphatic heterocycles. The Morgan fingerprint density at radius 1 is 1.12 bits per heavy atom. The van der Waals surface area contributed by atoms with E-state index >= 15 is 0 Å². The molecular weight excluding hydrogens is 320 g/mol. The first kappa shape index (κ1) is 17.8. The summed E-state index contributed by atoms with van der Waals surface area (Å²) in [6, 6.07) is 17.0. The third kappa shape index (κ3) is 5.28. The van der Waals surface area contributed by atoms with Crippen LogP contribution in [0, 0.1) is 0 Å². The van der Waals surface area contributed by atoms with E-state index in [1.807, 2.05) is 54.6 Å². The zero-order chi connectivity index (χ0) is 17.4. The molecule has 0 aliphatic rings. The van der Waals surface area contributed by atoms with Crippen molar-refractivity contribution in [2.75, 3.05) is 22.5 Å². The quantitative estimate of drug-likeness (QED) is 0.613. The van der Waals surface area contributed by atoms with E-state index in [0.29, 0.717) is 12.3 Å². The number of amides is 2. The predicted octanol–water partition coefficient (Wildman–Crippen LogP) is 3.96. The van der Waals surface area contributed by atoms with Crippen LogP contribution < -0.4 is 10.2 Å². The highest BCUT2D eigenvalue weighted by Gasteiger charge is 2.14. The maximum absolute atomic E-state index is 12.5. The number of rotatable bonds is 7. The van der Waals surface area contributed by atoms with Crippen molar-refractivity contribution >= 4 is 35.0 Å². The van der Waals surface area contributed by atoms with E-state index in [9.17, 15) is 9.59 Å². The molecule has 4 nitrogen and oxygen atoms in total. The van der Waals surface area contributed by atoms with E-state index in [0.717, 1.165) is 16.3 Å². The van der Waals surface area contributed by atoms with Crippen molar-refractivity contribution in [1.82, 2.24) is 0 Å². The molecule has 1 N–H and O–H groups in total. The lowest BCUT2D eigenvalue weighted by molar-refractivity contribution is -0.116. The molecular formula is C19H20N2O2S. The number of hydrogen-bond donors (Lipinski definition) is 1. The van der Waals surface area contributed by atoms with E-state index in [-0.39, 0.29) is 11.8 Å². The summed E-state index contributed by atoms with van der Waals surface area (Å²) in [4.78, 5) is 26.2. The third-order valence-electron chi connectivity index (χ3n) is 3.22. The van der Waals surface area contributed by atoms with Gasteiger partial charge in [0.15, 0.2) is 0 Å². The molecule has 0 saturated carbocycles. The lowest BCUT2D eigenvalue weighted by Crippen LogP contribution is -2.32. The Balaban J connectivity index is 1.97. The molecule has 24 heavy (non-hydrogen) atoms. The Labute approximate surface area is 146 Å². The van der Waals surface area contributed by atoms with E-state index in [1.165, 1.54) is 18.7 Å². The second kappa shape index (κ2) is 8.93. The predicted molar refractivity (Wildman–Crippen MR) is 100 cm³/mol. The number of nitrogens with zero attached hydrogens (tertiary/aromatic N) is 1. The number of nitrogens with one attached hydrogen (secondary N) is 1. The van der Waals surface area contributed by atoms with Crippen LogP contribution in [0.5, 0.6) is 0 Å². The third-order valence-corrected chi connectivity index (χ3v) is 4.21. The summed E-state index contributed by atoms with van der Waals surface area (Å²) in [5.74, 6) is 0.257. The minimum Gasteiger partial charge on any atom is -0.326 e. The second-order valence-corrected chi connectivity index (χ2v) is 6.17. The minimum atomic E-state index is -0.103. The highest BCUT2D eigenvalue weighted by atomic mass is 32.2. The summed E-state index contributed by atoms with van der Waals surface area (Å²) in [6.45, 7) is 5.67. The molecule has 5 heteroatoms. The molecule has 0 aliphatic carbocycles. The maximum Gasteiger partial charge on any atom is 0.237 e. The SMILES string of the molecule is C=CCN(C(=O)CSc1ccc(NC(C)=O)cc1)c1ccccc1. The summed E-state index contributed by atoms with van der Waals surface area (Å²) < 4.78 is 0. The van der Waals surface area contributed by atoms with Gasteiger partial charge in [0.05, 0.1) is 5.75 Å². The second-order valence-electron chi connectivity index (χ2n) is 5.12. The molecule has 2 amide bonds. The lowest BCUT2D eigenvalue weighted by atomic mass is 10.3. The van der Waals surface area contributed by atoms with Gasteiger partial charge in [0, 0.05) is 29.7 Å². The summed E-state index contributed by atoms with van der Waals surface area (Å²) in [5.41, 5.74) is 1.61. The summed E-state index contributed by atoms with van der Waals surface area (Å²) in [7, 11) is 0. The van der Waals surface area contributed by atoms with Crippen LogP contribution in [0.3, 0.4) is 0 Å². The molecule has 0 aromatic heterocycles. The smallest absolute Gasteiger partial charge is 0.237 e. The summed E-state index contributed by atoms with van der Waals surface area (Å²) in [6.07, 6.45) is 1.72. The normalized spacial score (nSPS) is 10.0. The van der Waals surface area contributed by atoms with Gasteiger partial charge in [0.1, 0.15) is 0 Å². The Bertz CT molecular complexity index is 699. The molecule has 0 spiro atoms. The molecule has 2 aromatic carbocycles. The van der Waals surface area contributed by atoms with E-state index in [1.54, 1.807) is 11.0 Å². The van der Waals surface area contributed by atoms with Gasteiger partial charge in [-0.2, -0.15) is 0 Å². The van der Waals surface area contributed by atoms with Crippen LogP contribution in [0.1, 0.15) is 6.92 Å². The standard InChI is InChI=1S/C19H20N2O2S/c1-3-13-21(17-7-5-4-6-8-17)19(23)14-24-18-11-9-16(10-12-18)20-15(2)22/h3-12H,1,13-14H2,2H3,(H,20,22). The molecule has 0 heterocycles. The van der Waals surface area contributed by atoms with Crippen molar-refractivity contribution in [2.45, 2.75) is 11.8 Å². The Morgan fingerprint density at radius 2 is 1.79 bits per heavy atom. The van der Waals surface area contributed by atoms with Crippen LogP contribution in [0.2, 0.25) is 0 Å². The largest absolute Gasteiger partial charge is 0.326 e. The molecule has 0 fully saturated rings. The van der Waals surface area contributed by atoms with E-state index in [2.05, 4.69) is 11.9 Å². The fourth-order valence-corrected chi connectivity index (χ4v) is 2.92. The zero-order valence-electron chi connectivity index (χ0n) is 13.6. The van der Waals surface area contributed by atoms with Crippen LogP contribution in [0.25, 0.3) is 0 Å². The van der Waals surface area contributed by atoms with Gasteiger partial charge in [-0.1, -0.05) is 24.3 Å². The number of benzene rings is 2. The lowest BCUT2D eigenvalue weighted by Gasteiger charge is -2.21. The van der Waals surface area contributed by atoms with Crippen LogP contribution in [-0.4, -0.2) is 24.1 Å². The number of para-hydroxylation sites is 1. The van der Waals surface area contributed by atoms with Crippen LogP contribution in [0.15, 0.2) is 72.1 Å². The van der Waals surface area contributed by atoms with Gasteiger partial charge in [-0.25, -0.2) is 0 Å². The Morgan fingerprint density at radius 3 is 2.38 bits per heavy atom. The van der Waals surface area contributed by atoms with Crippen molar-refractivity contribution < 1.29 is 9.59 Å². The van der Waals surface area contributed by atoms with Crippen LogP contribution in [0.4, 0.5) is 11.4 Å². The number of anilines is 2. The maximum atomic E-state index is 12.5. The molecule has 2 rings (SSSR count).